The van der Waals surface area contributed by atoms with Crippen molar-refractivity contribution in [2.24, 2.45) is 0 Å². The third-order valence-corrected chi connectivity index (χ3v) is 2.29. The second kappa shape index (κ2) is 3.33. The number of hydrogen-bond donors (Lipinski definition) is 1. The number of pyridine rings is 1. The molecule has 1 N–H and O–H groups in total. The maximum Gasteiger partial charge on any atom is 0.407 e. The first kappa shape index (κ1) is 8.50. The first-order chi connectivity index (χ1) is 6.25. The van der Waals surface area contributed by atoms with E-state index in [9.17, 15) is 4.79 Å². The smallest absolute Gasteiger partial charge is 0.407 e. The molecule has 2 rings (SSSR count). The Labute approximate surface area is 83.4 Å². The number of cyclic esters (lactones) is 1. The van der Waals surface area contributed by atoms with Gasteiger partial charge in [0.1, 0.15) is 11.2 Å². The number of halogens is 1. The molecule has 0 aromatic carbocycles. The van der Waals surface area contributed by atoms with E-state index in [1.165, 1.54) is 0 Å². The fourth-order valence-electron chi connectivity index (χ4n) is 1.16. The van der Waals surface area contributed by atoms with E-state index < -0.39 is 0 Å². The lowest BCUT2D eigenvalue weighted by molar-refractivity contribution is 0.177. The number of amides is 1. The molecule has 68 valence electrons. The highest BCUT2D eigenvalue weighted by Gasteiger charge is 2.23. The molecule has 2 heterocycles. The van der Waals surface area contributed by atoms with Crippen LogP contribution in [0.5, 0.6) is 0 Å². The van der Waals surface area contributed by atoms with Crippen molar-refractivity contribution in [3.05, 3.63) is 28.5 Å². The number of alkyl carbamates (subject to hydrolysis) is 1. The molecule has 13 heavy (non-hydrogen) atoms. The number of nitrogens with one attached hydrogen (secondary N) is 1. The molecule has 1 atom stereocenters. The van der Waals surface area contributed by atoms with Crippen LogP contribution in [-0.4, -0.2) is 17.7 Å². The summed E-state index contributed by atoms with van der Waals surface area (Å²) in [5.41, 5.74) is 0.953. The number of rotatable bonds is 1. The van der Waals surface area contributed by atoms with Gasteiger partial charge in [0.25, 0.3) is 0 Å². The van der Waals surface area contributed by atoms with Gasteiger partial charge in [0.2, 0.25) is 0 Å². The van der Waals surface area contributed by atoms with Gasteiger partial charge in [-0.25, -0.2) is 9.78 Å². The first-order valence-corrected chi connectivity index (χ1v) is 4.60. The van der Waals surface area contributed by atoms with Gasteiger partial charge >= 0.3 is 6.09 Å². The van der Waals surface area contributed by atoms with Crippen molar-refractivity contribution < 1.29 is 9.53 Å². The molecule has 1 unspecified atom stereocenters. The summed E-state index contributed by atoms with van der Waals surface area (Å²) in [6, 6.07) is 3.67. The van der Waals surface area contributed by atoms with Crippen LogP contribution < -0.4 is 5.32 Å². The van der Waals surface area contributed by atoms with Crippen molar-refractivity contribution >= 4 is 22.0 Å². The fraction of sp³-hybridized carbons (Fsp3) is 0.250. The third-order valence-electron chi connectivity index (χ3n) is 1.83. The summed E-state index contributed by atoms with van der Waals surface area (Å²) in [4.78, 5) is 14.8. The van der Waals surface area contributed by atoms with Crippen molar-refractivity contribution in [1.29, 1.82) is 0 Å². The maximum absolute atomic E-state index is 10.7. The lowest BCUT2D eigenvalue weighted by atomic mass is 10.1. The van der Waals surface area contributed by atoms with Crippen LogP contribution in [0, 0.1) is 0 Å². The van der Waals surface area contributed by atoms with Gasteiger partial charge in [0.05, 0.1) is 6.04 Å². The average molecular weight is 243 g/mol. The predicted molar refractivity (Wildman–Crippen MR) is 49.2 cm³/mol. The molecule has 1 aliphatic heterocycles. The van der Waals surface area contributed by atoms with Crippen molar-refractivity contribution in [3.63, 3.8) is 0 Å². The second-order valence-corrected chi connectivity index (χ2v) is 3.52. The Morgan fingerprint density at radius 2 is 2.46 bits per heavy atom. The standard InChI is InChI=1S/C8H7BrN2O2/c9-7-2-1-5(3-10-7)6-4-13-8(12)11-6/h1-3,6H,4H2,(H,11,12). The zero-order chi connectivity index (χ0) is 9.26. The highest BCUT2D eigenvalue weighted by molar-refractivity contribution is 9.10. The van der Waals surface area contributed by atoms with Gasteiger partial charge in [0.15, 0.2) is 0 Å². The van der Waals surface area contributed by atoms with Gasteiger partial charge in [-0.05, 0) is 27.6 Å². The Balaban J connectivity index is 2.17. The Kier molecular flexibility index (Phi) is 2.18. The quantitative estimate of drug-likeness (QED) is 0.762. The summed E-state index contributed by atoms with van der Waals surface area (Å²) in [5, 5.41) is 2.67. The number of aromatic nitrogens is 1. The summed E-state index contributed by atoms with van der Waals surface area (Å²) in [7, 11) is 0. The van der Waals surface area contributed by atoms with Crippen LogP contribution in [0.1, 0.15) is 11.6 Å². The number of ether oxygens (including phenoxy) is 1. The number of carbonyl (C=O) groups excluding carboxylic acids is 1. The van der Waals surface area contributed by atoms with Crippen LogP contribution in [0.25, 0.3) is 0 Å². The van der Waals surface area contributed by atoms with E-state index >= 15 is 0 Å². The summed E-state index contributed by atoms with van der Waals surface area (Å²) in [6.45, 7) is 0.377. The van der Waals surface area contributed by atoms with Crippen LogP contribution in [0.15, 0.2) is 22.9 Å². The molecule has 0 bridgehead atoms. The monoisotopic (exact) mass is 242 g/mol. The zero-order valence-corrected chi connectivity index (χ0v) is 8.24. The lowest BCUT2D eigenvalue weighted by Crippen LogP contribution is -2.18. The summed E-state index contributed by atoms with van der Waals surface area (Å²) < 4.78 is 5.54. The molecule has 1 aromatic rings. The minimum absolute atomic E-state index is 0.0619. The molecular weight excluding hydrogens is 236 g/mol. The SMILES string of the molecule is O=C1NC(c2ccc(Br)nc2)CO1. The number of hydrogen-bond acceptors (Lipinski definition) is 3. The Morgan fingerprint density at radius 1 is 1.62 bits per heavy atom. The normalized spacial score (nSPS) is 21.0. The van der Waals surface area contributed by atoms with Gasteiger partial charge in [-0.3, -0.25) is 0 Å². The molecule has 0 saturated carbocycles. The topological polar surface area (TPSA) is 51.2 Å². The van der Waals surface area contributed by atoms with Gasteiger partial charge in [-0.15, -0.1) is 0 Å². The van der Waals surface area contributed by atoms with Gasteiger partial charge in [-0.2, -0.15) is 0 Å². The molecule has 4 nitrogen and oxygen atoms in total. The summed E-state index contributed by atoms with van der Waals surface area (Å²) >= 11 is 3.24. The highest BCUT2D eigenvalue weighted by atomic mass is 79.9. The fourth-order valence-corrected chi connectivity index (χ4v) is 1.39. The molecule has 1 saturated heterocycles. The van der Waals surface area contributed by atoms with Gasteiger partial charge < -0.3 is 10.1 Å². The molecule has 5 heteroatoms. The van der Waals surface area contributed by atoms with E-state index in [0.717, 1.165) is 10.2 Å². The number of carbonyl (C=O) groups is 1. The lowest BCUT2D eigenvalue weighted by Gasteiger charge is -2.05. The van der Waals surface area contributed by atoms with E-state index in [1.807, 2.05) is 12.1 Å². The molecule has 0 radical (unpaired) electrons. The average Bonchev–Trinajstić information content (AvgIpc) is 2.53. The predicted octanol–water partition coefficient (Wildman–Crippen LogP) is 1.62. The van der Waals surface area contributed by atoms with E-state index in [1.54, 1.807) is 6.20 Å². The van der Waals surface area contributed by atoms with Crippen LogP contribution in [0.2, 0.25) is 0 Å². The molecular formula is C8H7BrN2O2. The Bertz CT molecular complexity index is 325. The van der Waals surface area contributed by atoms with Crippen LogP contribution in [0.4, 0.5) is 4.79 Å². The van der Waals surface area contributed by atoms with E-state index in [4.69, 9.17) is 4.74 Å². The molecule has 1 fully saturated rings. The van der Waals surface area contributed by atoms with Crippen molar-refractivity contribution in [1.82, 2.24) is 10.3 Å². The van der Waals surface area contributed by atoms with Crippen molar-refractivity contribution in [2.75, 3.05) is 6.61 Å². The second-order valence-electron chi connectivity index (χ2n) is 2.71. The Morgan fingerprint density at radius 3 is 3.00 bits per heavy atom. The third kappa shape index (κ3) is 1.80. The van der Waals surface area contributed by atoms with Crippen LogP contribution >= 0.6 is 15.9 Å². The minimum atomic E-state index is -0.368. The molecule has 1 aromatic heterocycles. The largest absolute Gasteiger partial charge is 0.447 e. The zero-order valence-electron chi connectivity index (χ0n) is 6.66. The molecule has 1 aliphatic rings. The minimum Gasteiger partial charge on any atom is -0.447 e. The van der Waals surface area contributed by atoms with Crippen LogP contribution in [-0.2, 0) is 4.74 Å². The van der Waals surface area contributed by atoms with E-state index in [0.29, 0.717) is 6.61 Å². The summed E-state index contributed by atoms with van der Waals surface area (Å²) in [5.74, 6) is 0. The molecule has 0 spiro atoms. The Hall–Kier alpha value is -1.10. The van der Waals surface area contributed by atoms with Crippen LogP contribution in [0.3, 0.4) is 0 Å². The molecule has 0 aliphatic carbocycles. The summed E-state index contributed by atoms with van der Waals surface area (Å²) in [6.07, 6.45) is 1.34. The molecule has 1 amide bonds. The number of nitrogens with zero attached hydrogens (tertiary/aromatic N) is 1. The van der Waals surface area contributed by atoms with Gasteiger partial charge in [-0.1, -0.05) is 6.07 Å². The van der Waals surface area contributed by atoms with E-state index in [-0.39, 0.29) is 12.1 Å². The highest BCUT2D eigenvalue weighted by Crippen LogP contribution is 2.18. The maximum atomic E-state index is 10.7. The van der Waals surface area contributed by atoms with E-state index in [2.05, 4.69) is 26.2 Å². The first-order valence-electron chi connectivity index (χ1n) is 3.80. The van der Waals surface area contributed by atoms with Crippen molar-refractivity contribution in [3.8, 4) is 0 Å². The van der Waals surface area contributed by atoms with Gasteiger partial charge in [0, 0.05) is 6.20 Å². The van der Waals surface area contributed by atoms with Crippen molar-refractivity contribution in [2.45, 2.75) is 6.04 Å².